The first-order valence-electron chi connectivity index (χ1n) is 9.95. The van der Waals surface area contributed by atoms with Crippen molar-refractivity contribution in [2.75, 3.05) is 25.5 Å². The quantitative estimate of drug-likeness (QED) is 0.616. The maximum absolute atomic E-state index is 11.5. The molecule has 4 rings (SSSR count). The van der Waals surface area contributed by atoms with Crippen molar-refractivity contribution in [1.29, 1.82) is 0 Å². The molecule has 2 atom stereocenters. The van der Waals surface area contributed by atoms with Crippen molar-refractivity contribution in [1.82, 2.24) is 9.88 Å². The number of methoxy groups -OCH3 is 1. The van der Waals surface area contributed by atoms with E-state index in [0.717, 1.165) is 18.5 Å². The fourth-order valence-corrected chi connectivity index (χ4v) is 4.28. The molecule has 1 aliphatic heterocycles. The maximum Gasteiger partial charge on any atom is 0.221 e. The summed E-state index contributed by atoms with van der Waals surface area (Å²) in [7, 11) is 1.56. The highest BCUT2D eigenvalue weighted by molar-refractivity contribution is 5.90. The number of nitrogens with zero attached hydrogens (tertiary/aromatic N) is 1. The summed E-state index contributed by atoms with van der Waals surface area (Å²) in [6.07, 6.45) is 0.290. The van der Waals surface area contributed by atoms with Gasteiger partial charge in [-0.3, -0.25) is 9.69 Å². The molecule has 0 saturated heterocycles. The number of rotatable bonds is 5. The second kappa shape index (κ2) is 7.89. The van der Waals surface area contributed by atoms with Crippen LogP contribution >= 0.6 is 0 Å². The molecule has 6 nitrogen and oxygen atoms in total. The van der Waals surface area contributed by atoms with Crippen molar-refractivity contribution in [2.24, 2.45) is 0 Å². The highest BCUT2D eigenvalue weighted by Crippen LogP contribution is 2.35. The van der Waals surface area contributed by atoms with E-state index >= 15 is 0 Å². The predicted molar refractivity (Wildman–Crippen MR) is 114 cm³/mol. The fourth-order valence-electron chi connectivity index (χ4n) is 4.28. The summed E-state index contributed by atoms with van der Waals surface area (Å²) in [6.45, 7) is 5.04. The molecule has 0 aliphatic carbocycles. The molecule has 3 N–H and O–H groups in total. The summed E-state index contributed by atoms with van der Waals surface area (Å²) in [4.78, 5) is 17.3. The topological polar surface area (TPSA) is 77.6 Å². The molecular weight excluding hydrogens is 366 g/mol. The van der Waals surface area contributed by atoms with E-state index in [9.17, 15) is 9.90 Å². The van der Waals surface area contributed by atoms with Crippen LogP contribution in [0.1, 0.15) is 42.8 Å². The lowest BCUT2D eigenvalue weighted by Gasteiger charge is -2.35. The van der Waals surface area contributed by atoms with Crippen LogP contribution in [0.15, 0.2) is 42.5 Å². The third kappa shape index (κ3) is 3.73. The number of aromatic nitrogens is 1. The minimum absolute atomic E-state index is 0.175. The highest BCUT2D eigenvalue weighted by atomic mass is 16.5. The maximum atomic E-state index is 11.5. The molecule has 0 fully saturated rings. The highest BCUT2D eigenvalue weighted by Gasteiger charge is 2.28. The first kappa shape index (κ1) is 19.5. The number of aliphatic hydroxyl groups excluding tert-OH is 1. The number of β-amino-alcohol motifs (C(OH)–C–C–N with tert-alkyl or cyclic N) is 1. The first-order chi connectivity index (χ1) is 14.0. The minimum atomic E-state index is -0.665. The second-order valence-corrected chi connectivity index (χ2v) is 7.64. The molecule has 2 heterocycles. The molecule has 29 heavy (non-hydrogen) atoms. The Morgan fingerprint density at radius 1 is 1.34 bits per heavy atom. The van der Waals surface area contributed by atoms with Gasteiger partial charge in [-0.2, -0.15) is 0 Å². The monoisotopic (exact) mass is 393 g/mol. The van der Waals surface area contributed by atoms with Crippen molar-refractivity contribution in [3.05, 3.63) is 59.3 Å². The van der Waals surface area contributed by atoms with Gasteiger partial charge in [-0.25, -0.2) is 0 Å². The summed E-state index contributed by atoms with van der Waals surface area (Å²) in [6, 6.07) is 14.0. The van der Waals surface area contributed by atoms with E-state index in [1.807, 2.05) is 12.1 Å². The average Bonchev–Trinajstić information content (AvgIpc) is 3.09. The summed E-state index contributed by atoms with van der Waals surface area (Å²) in [5.74, 6) is 0.399. The van der Waals surface area contributed by atoms with E-state index in [2.05, 4.69) is 40.3 Å². The molecule has 6 heteroatoms. The van der Waals surface area contributed by atoms with Crippen LogP contribution in [0, 0.1) is 0 Å². The second-order valence-electron chi connectivity index (χ2n) is 7.64. The number of ether oxygens (including phenoxy) is 1. The number of H-pyrrole nitrogens is 1. The van der Waals surface area contributed by atoms with Crippen LogP contribution < -0.4 is 10.1 Å². The van der Waals surface area contributed by atoms with Crippen LogP contribution in [0.4, 0.5) is 5.69 Å². The average molecular weight is 393 g/mol. The van der Waals surface area contributed by atoms with Gasteiger partial charge < -0.3 is 20.1 Å². The number of carbonyl (C=O) groups is 1. The number of carbonyl (C=O) groups excluding carboxylic acids is 1. The number of anilines is 1. The molecule has 0 radical (unpaired) electrons. The van der Waals surface area contributed by atoms with Gasteiger partial charge in [0.05, 0.1) is 18.9 Å². The molecule has 1 aromatic heterocycles. The van der Waals surface area contributed by atoms with Gasteiger partial charge in [-0.15, -0.1) is 0 Å². The number of aliphatic hydroxyl groups is 1. The fraction of sp³-hybridized carbons (Fsp3) is 0.348. The van der Waals surface area contributed by atoms with Gasteiger partial charge in [0.1, 0.15) is 5.75 Å². The Balaban J connectivity index is 1.54. The Bertz CT molecular complexity index is 1040. The van der Waals surface area contributed by atoms with Gasteiger partial charge in [-0.1, -0.05) is 24.3 Å². The molecule has 0 spiro atoms. The third-order valence-electron chi connectivity index (χ3n) is 5.79. The molecule has 0 bridgehead atoms. The zero-order valence-electron chi connectivity index (χ0n) is 17.0. The Morgan fingerprint density at radius 2 is 2.14 bits per heavy atom. The van der Waals surface area contributed by atoms with E-state index in [0.29, 0.717) is 18.0 Å². The number of benzene rings is 2. The first-order valence-corrected chi connectivity index (χ1v) is 9.95. The van der Waals surface area contributed by atoms with Crippen LogP contribution in [-0.4, -0.2) is 41.1 Å². The molecule has 152 valence electrons. The molecule has 2 aromatic carbocycles. The number of aromatic amines is 1. The number of hydrogen-bond donors (Lipinski definition) is 3. The number of hydrogen-bond acceptors (Lipinski definition) is 4. The van der Waals surface area contributed by atoms with Gasteiger partial charge >= 0.3 is 0 Å². The van der Waals surface area contributed by atoms with E-state index in [1.54, 1.807) is 19.2 Å². The molecule has 0 unspecified atom stereocenters. The molecule has 0 saturated carbocycles. The van der Waals surface area contributed by atoms with Gasteiger partial charge in [0, 0.05) is 42.7 Å². The van der Waals surface area contributed by atoms with Gasteiger partial charge in [0.2, 0.25) is 5.91 Å². The van der Waals surface area contributed by atoms with Crippen molar-refractivity contribution >= 4 is 22.5 Å². The van der Waals surface area contributed by atoms with E-state index in [4.69, 9.17) is 4.74 Å². The largest absolute Gasteiger partial charge is 0.495 e. The number of amides is 1. The van der Waals surface area contributed by atoms with Crippen molar-refractivity contribution < 1.29 is 14.6 Å². The van der Waals surface area contributed by atoms with Crippen molar-refractivity contribution in [3.8, 4) is 5.75 Å². The number of para-hydroxylation sites is 1. The normalized spacial score (nSPS) is 17.7. The van der Waals surface area contributed by atoms with E-state index in [-0.39, 0.29) is 11.9 Å². The zero-order valence-corrected chi connectivity index (χ0v) is 17.0. The van der Waals surface area contributed by atoms with Crippen molar-refractivity contribution in [2.45, 2.75) is 32.4 Å². The van der Waals surface area contributed by atoms with Crippen LogP contribution in [-0.2, 0) is 11.2 Å². The number of fused-ring (bicyclic) bond motifs is 3. The van der Waals surface area contributed by atoms with E-state index < -0.39 is 6.10 Å². The van der Waals surface area contributed by atoms with Gasteiger partial charge in [0.15, 0.2) is 0 Å². The smallest absolute Gasteiger partial charge is 0.221 e. The Kier molecular flexibility index (Phi) is 5.30. The SMILES string of the molecule is COc1ccc([C@@H](O)CN2CCc3c([nH]c4ccccc34)[C@H]2C)cc1NC(C)=O. The van der Waals surface area contributed by atoms with Crippen LogP contribution in [0.3, 0.4) is 0 Å². The van der Waals surface area contributed by atoms with Gasteiger partial charge in [0.25, 0.3) is 0 Å². The third-order valence-corrected chi connectivity index (χ3v) is 5.79. The summed E-state index contributed by atoms with van der Waals surface area (Å²) in [5, 5.41) is 15.0. The number of nitrogens with one attached hydrogen (secondary N) is 2. The predicted octanol–water partition coefficient (Wildman–Crippen LogP) is 3.79. The summed E-state index contributed by atoms with van der Waals surface area (Å²) in [5.41, 5.74) is 5.11. The van der Waals surface area contributed by atoms with Crippen LogP contribution in [0.5, 0.6) is 5.75 Å². The lowest BCUT2D eigenvalue weighted by molar-refractivity contribution is -0.114. The standard InChI is InChI=1S/C23H27N3O3/c1-14-23-18(17-6-4-5-7-19(17)25-23)10-11-26(14)13-21(28)16-8-9-22(29-3)20(12-16)24-15(2)27/h4-9,12,14,21,25,28H,10-11,13H2,1-3H3,(H,24,27)/t14-,21+/m1/s1. The summed E-state index contributed by atoms with van der Waals surface area (Å²) >= 11 is 0. The summed E-state index contributed by atoms with van der Waals surface area (Å²) < 4.78 is 5.30. The Hall–Kier alpha value is -2.83. The Morgan fingerprint density at radius 3 is 2.90 bits per heavy atom. The van der Waals surface area contributed by atoms with E-state index in [1.165, 1.54) is 29.1 Å². The van der Waals surface area contributed by atoms with Crippen LogP contribution in [0.2, 0.25) is 0 Å². The molecule has 1 amide bonds. The lowest BCUT2D eigenvalue weighted by Crippen LogP contribution is -2.36. The molecular formula is C23H27N3O3. The molecule has 3 aromatic rings. The van der Waals surface area contributed by atoms with Crippen molar-refractivity contribution in [3.63, 3.8) is 0 Å². The Labute approximate surface area is 170 Å². The minimum Gasteiger partial charge on any atom is -0.495 e. The van der Waals surface area contributed by atoms with Gasteiger partial charge in [-0.05, 0) is 42.7 Å². The lowest BCUT2D eigenvalue weighted by atomic mass is 9.97. The van der Waals surface area contributed by atoms with Crippen LogP contribution in [0.25, 0.3) is 10.9 Å². The molecule has 1 aliphatic rings. The zero-order chi connectivity index (χ0) is 20.5.